The summed E-state index contributed by atoms with van der Waals surface area (Å²) >= 11 is -0.418. The average molecular weight is 344 g/mol. The first-order valence-corrected chi connectivity index (χ1v) is 9.27. The molecule has 0 fully saturated rings. The molecule has 2 radical (unpaired) electrons. The van der Waals surface area contributed by atoms with Crippen LogP contribution in [0.25, 0.3) is 11.3 Å². The van der Waals surface area contributed by atoms with Gasteiger partial charge in [0.25, 0.3) is 0 Å². The van der Waals surface area contributed by atoms with E-state index < -0.39 is 28.2 Å². The molecule has 0 saturated heterocycles. The summed E-state index contributed by atoms with van der Waals surface area (Å²) in [6.07, 6.45) is 1.92. The molecular formula is C19H25GeN. The fourth-order valence-electron chi connectivity index (χ4n) is 2.17. The van der Waals surface area contributed by atoms with Crippen molar-refractivity contribution in [3.63, 3.8) is 0 Å². The summed E-state index contributed by atoms with van der Waals surface area (Å²) in [4.78, 5) is 4.61. The van der Waals surface area contributed by atoms with Crippen molar-refractivity contribution < 1.29 is 5.48 Å². The Hall–Kier alpha value is -1.09. The number of pyridine rings is 1. The van der Waals surface area contributed by atoms with E-state index in [1.165, 1.54) is 4.40 Å². The Morgan fingerprint density at radius 3 is 2.38 bits per heavy atom. The average Bonchev–Trinajstić information content (AvgIpc) is 2.44. The molecule has 110 valence electrons. The minimum atomic E-state index is -2.10. The van der Waals surface area contributed by atoms with E-state index in [2.05, 4.69) is 25.8 Å². The first-order valence-electron chi connectivity index (χ1n) is 9.17. The molecule has 21 heavy (non-hydrogen) atoms. The maximum atomic E-state index is 8.51. The fourth-order valence-corrected chi connectivity index (χ4v) is 5.10. The molecule has 0 saturated carbocycles. The molecule has 0 N–H and O–H groups in total. The molecule has 0 bridgehead atoms. The second-order valence-electron chi connectivity index (χ2n) is 6.57. The molecular weight excluding hydrogens is 315 g/mol. The Morgan fingerprint density at radius 2 is 1.86 bits per heavy atom. The van der Waals surface area contributed by atoms with Crippen LogP contribution in [0.1, 0.15) is 57.1 Å². The van der Waals surface area contributed by atoms with Crippen LogP contribution in [0.4, 0.5) is 0 Å². The van der Waals surface area contributed by atoms with E-state index in [1.54, 1.807) is 24.3 Å². The van der Waals surface area contributed by atoms with E-state index >= 15 is 0 Å². The van der Waals surface area contributed by atoms with E-state index in [0.29, 0.717) is 5.56 Å². The second kappa shape index (κ2) is 6.35. The summed E-state index contributed by atoms with van der Waals surface area (Å²) in [6.45, 7) is 8.41. The Morgan fingerprint density at radius 1 is 1.19 bits per heavy atom. The zero-order chi connectivity index (χ0) is 19.0. The molecule has 1 nitrogen and oxygen atoms in total. The minimum absolute atomic E-state index is 0.241. The maximum absolute atomic E-state index is 8.51. The Kier molecular flexibility index (Phi) is 3.47. The van der Waals surface area contributed by atoms with Gasteiger partial charge in [0.1, 0.15) is 0 Å². The van der Waals surface area contributed by atoms with Crippen LogP contribution in [0.5, 0.6) is 0 Å². The number of benzene rings is 1. The van der Waals surface area contributed by atoms with Crippen molar-refractivity contribution in [1.82, 2.24) is 4.98 Å². The van der Waals surface area contributed by atoms with Gasteiger partial charge in [0.05, 0.1) is 0 Å². The molecule has 0 amide bonds. The van der Waals surface area contributed by atoms with Crippen molar-refractivity contribution in [1.29, 1.82) is 0 Å². The summed E-state index contributed by atoms with van der Waals surface area (Å²) in [5.41, 5.74) is 3.01. The van der Waals surface area contributed by atoms with Gasteiger partial charge in [0.15, 0.2) is 0 Å². The van der Waals surface area contributed by atoms with Gasteiger partial charge in [-0.15, -0.1) is 0 Å². The number of nitrogens with zero attached hydrogens (tertiary/aromatic N) is 1. The molecule has 1 heterocycles. The molecule has 1 aromatic carbocycles. The summed E-state index contributed by atoms with van der Waals surface area (Å²) in [5, 5.41) is 0. The van der Waals surface area contributed by atoms with Crippen LogP contribution in [0, 0.1) is 6.85 Å². The van der Waals surface area contributed by atoms with Crippen LogP contribution in [-0.2, 0) is 0 Å². The van der Waals surface area contributed by atoms with Crippen LogP contribution in [0.3, 0.4) is 0 Å². The zero-order valence-electron chi connectivity index (χ0n) is 17.4. The monoisotopic (exact) mass is 345 g/mol. The topological polar surface area (TPSA) is 12.9 Å². The van der Waals surface area contributed by atoms with Crippen LogP contribution in [0.15, 0.2) is 36.5 Å². The third-order valence-electron chi connectivity index (χ3n) is 3.13. The Bertz CT molecular complexity index is 738. The van der Waals surface area contributed by atoms with Gasteiger partial charge < -0.3 is 0 Å². The summed E-state index contributed by atoms with van der Waals surface area (Å²) in [6, 6.07) is 8.86. The Labute approximate surface area is 141 Å². The third kappa shape index (κ3) is 4.44. The van der Waals surface area contributed by atoms with Gasteiger partial charge >= 0.3 is 141 Å². The molecule has 0 spiro atoms. The van der Waals surface area contributed by atoms with Crippen molar-refractivity contribution >= 4 is 19.8 Å². The van der Waals surface area contributed by atoms with Crippen LogP contribution < -0.4 is 4.40 Å². The van der Waals surface area contributed by atoms with Gasteiger partial charge in [0.2, 0.25) is 0 Å². The third-order valence-corrected chi connectivity index (χ3v) is 6.11. The first kappa shape index (κ1) is 11.5. The van der Waals surface area contributed by atoms with Crippen molar-refractivity contribution in [2.75, 3.05) is 0 Å². The molecule has 2 aromatic rings. The number of rotatable bonds is 3. The fraction of sp³-hybridized carbons (Fsp3) is 0.421. The number of hydrogen-bond donors (Lipinski definition) is 0. The predicted octanol–water partition coefficient (Wildman–Crippen LogP) is 4.73. The first-order chi connectivity index (χ1) is 11.3. The molecule has 0 aliphatic rings. The van der Waals surface area contributed by atoms with Gasteiger partial charge in [-0.25, -0.2) is 0 Å². The van der Waals surface area contributed by atoms with Gasteiger partial charge in [-0.05, 0) is 0 Å². The molecule has 0 aliphatic carbocycles. The van der Waals surface area contributed by atoms with Gasteiger partial charge in [0, 0.05) is 0 Å². The van der Waals surface area contributed by atoms with Crippen molar-refractivity contribution in [3.05, 3.63) is 47.7 Å². The van der Waals surface area contributed by atoms with E-state index in [9.17, 15) is 0 Å². The van der Waals surface area contributed by atoms with Crippen LogP contribution >= 0.6 is 0 Å². The summed E-state index contributed by atoms with van der Waals surface area (Å²) in [5.74, 6) is -0.694. The number of aromatic nitrogens is 1. The Balaban J connectivity index is 2.46. The van der Waals surface area contributed by atoms with E-state index in [4.69, 9.17) is 5.48 Å². The van der Waals surface area contributed by atoms with Crippen LogP contribution in [-0.4, -0.2) is 20.4 Å². The van der Waals surface area contributed by atoms with Gasteiger partial charge in [-0.3, -0.25) is 0 Å². The van der Waals surface area contributed by atoms with Crippen LogP contribution in [0.2, 0.25) is 4.25 Å². The van der Waals surface area contributed by atoms with E-state index in [-0.39, 0.29) is 4.25 Å². The summed E-state index contributed by atoms with van der Waals surface area (Å²) < 4.78 is 32.4. The van der Waals surface area contributed by atoms with Gasteiger partial charge in [-0.2, -0.15) is 0 Å². The molecule has 2 heteroatoms. The SMILES string of the molecule is [2H]C([2H])([2H])c1ccc(-c2cc(C([2H])(C)C)[c]([Ge][C](C)(C)C)cn2)cc1. The van der Waals surface area contributed by atoms with Gasteiger partial charge in [-0.1, -0.05) is 0 Å². The number of hydrogen-bond acceptors (Lipinski definition) is 1. The van der Waals surface area contributed by atoms with Crippen molar-refractivity contribution in [2.24, 2.45) is 0 Å². The van der Waals surface area contributed by atoms with E-state index in [1.807, 2.05) is 26.1 Å². The molecule has 2 rings (SSSR count). The number of aryl methyl sites for hydroxylation is 1. The standard InChI is InChI=1S/C19H25GeN/c1-13(2)16-11-18(15-9-7-14(3)8-10-15)21-12-17(16)20-19(4,5)6/h7-13H,1-6H3/i3D3,13D. The normalized spacial score (nSPS) is 15.9. The quantitative estimate of drug-likeness (QED) is 0.734. The molecule has 0 aliphatic heterocycles. The molecule has 0 atom stereocenters. The van der Waals surface area contributed by atoms with Crippen molar-refractivity contribution in [3.8, 4) is 11.3 Å². The molecule has 0 unspecified atom stereocenters. The summed E-state index contributed by atoms with van der Waals surface area (Å²) in [7, 11) is 0. The van der Waals surface area contributed by atoms with E-state index in [0.717, 1.165) is 16.8 Å². The predicted molar refractivity (Wildman–Crippen MR) is 93.6 cm³/mol. The van der Waals surface area contributed by atoms with Crippen molar-refractivity contribution in [2.45, 2.75) is 51.6 Å². The zero-order valence-corrected chi connectivity index (χ0v) is 15.5. The second-order valence-corrected chi connectivity index (χ2v) is 11.4. The molecule has 1 aromatic heterocycles.